The molecule has 0 spiro atoms. The second kappa shape index (κ2) is 12.2. The molecule has 2 aliphatic rings. The molecule has 2 aliphatic heterocycles. The normalized spacial score (nSPS) is 17.6. The summed E-state index contributed by atoms with van der Waals surface area (Å²) in [5.74, 6) is 0.380. The summed E-state index contributed by atoms with van der Waals surface area (Å²) < 4.78 is 0. The van der Waals surface area contributed by atoms with Crippen LogP contribution in [-0.2, 0) is 0 Å². The number of carbonyl (C=O) groups is 1. The number of rotatable bonds is 8. The minimum Gasteiger partial charge on any atom is -0.382 e. The minimum atomic E-state index is -0.193. The number of nitrogens with one attached hydrogen (secondary N) is 2. The molecule has 202 valence electrons. The molecule has 2 fully saturated rings. The van der Waals surface area contributed by atoms with Crippen LogP contribution in [0, 0.1) is 5.92 Å². The van der Waals surface area contributed by atoms with E-state index in [0.29, 0.717) is 23.7 Å². The van der Waals surface area contributed by atoms with Crippen LogP contribution in [0.5, 0.6) is 0 Å². The molecule has 2 aromatic heterocycles. The van der Waals surface area contributed by atoms with Crippen LogP contribution in [-0.4, -0.2) is 65.6 Å². The third kappa shape index (κ3) is 6.34. The fraction of sp³-hybridized carbons (Fsp3) is 0.483. The fourth-order valence-corrected chi connectivity index (χ4v) is 6.20. The number of nitrogens with two attached hydrogens (primary N) is 1. The Bertz CT molecular complexity index is 1200. The monoisotopic (exact) mass is 533 g/mol. The van der Waals surface area contributed by atoms with E-state index >= 15 is 0 Å². The predicted octanol–water partition coefficient (Wildman–Crippen LogP) is 4.92. The van der Waals surface area contributed by atoms with Crippen molar-refractivity contribution in [3.05, 3.63) is 53.8 Å². The van der Waals surface area contributed by atoms with Crippen molar-refractivity contribution in [2.24, 2.45) is 11.7 Å². The second-order valence-corrected chi connectivity index (χ2v) is 11.5. The molecule has 2 saturated heterocycles. The van der Waals surface area contributed by atoms with Gasteiger partial charge in [-0.1, -0.05) is 0 Å². The minimum absolute atomic E-state index is 0.193. The molecule has 4 heterocycles. The Hall–Kier alpha value is -3.01. The number of likely N-dealkylation sites (tertiary alicyclic amines) is 1. The number of piperidine rings is 2. The predicted molar refractivity (Wildman–Crippen MR) is 157 cm³/mol. The van der Waals surface area contributed by atoms with Gasteiger partial charge in [0.25, 0.3) is 5.91 Å². The van der Waals surface area contributed by atoms with Crippen LogP contribution in [0.1, 0.15) is 50.0 Å². The lowest BCUT2D eigenvalue weighted by Gasteiger charge is -2.36. The molecular formula is C29H39N7OS. The quantitative estimate of drug-likeness (QED) is 0.378. The fourth-order valence-electron chi connectivity index (χ4n) is 5.40. The van der Waals surface area contributed by atoms with Gasteiger partial charge in [0.05, 0.1) is 11.4 Å². The molecule has 0 bridgehead atoms. The first-order valence-electron chi connectivity index (χ1n) is 13.8. The van der Waals surface area contributed by atoms with Crippen molar-refractivity contribution in [1.29, 1.82) is 0 Å². The summed E-state index contributed by atoms with van der Waals surface area (Å²) in [5, 5.41) is 9.56. The molecule has 0 radical (unpaired) electrons. The number of amides is 1. The van der Waals surface area contributed by atoms with Crippen LogP contribution in [0.25, 0.3) is 10.6 Å². The number of benzene rings is 1. The molecule has 0 saturated carbocycles. The van der Waals surface area contributed by atoms with E-state index in [0.717, 1.165) is 86.0 Å². The van der Waals surface area contributed by atoms with Crippen LogP contribution in [0.2, 0.25) is 0 Å². The van der Waals surface area contributed by atoms with E-state index in [1.165, 1.54) is 11.3 Å². The Morgan fingerprint density at radius 2 is 1.82 bits per heavy atom. The lowest BCUT2D eigenvalue weighted by Crippen LogP contribution is -2.42. The molecule has 38 heavy (non-hydrogen) atoms. The molecule has 0 atom stereocenters. The molecular weight excluding hydrogens is 494 g/mol. The van der Waals surface area contributed by atoms with Gasteiger partial charge < -0.3 is 26.2 Å². The van der Waals surface area contributed by atoms with Gasteiger partial charge in [0.15, 0.2) is 0 Å². The molecule has 0 aliphatic carbocycles. The smallest absolute Gasteiger partial charge is 0.275 e. The lowest BCUT2D eigenvalue weighted by molar-refractivity contribution is 0.102. The number of hydrogen-bond donors (Lipinski definition) is 3. The summed E-state index contributed by atoms with van der Waals surface area (Å²) in [6.07, 6.45) is 7.85. The Labute approximate surface area is 229 Å². The van der Waals surface area contributed by atoms with Crippen LogP contribution < -0.4 is 21.3 Å². The van der Waals surface area contributed by atoms with Crippen molar-refractivity contribution in [1.82, 2.24) is 14.9 Å². The highest BCUT2D eigenvalue weighted by Gasteiger charge is 2.24. The summed E-state index contributed by atoms with van der Waals surface area (Å²) in [5.41, 5.74) is 10.2. The second-order valence-electron chi connectivity index (χ2n) is 10.7. The van der Waals surface area contributed by atoms with Crippen molar-refractivity contribution in [2.75, 3.05) is 48.3 Å². The molecule has 9 heteroatoms. The Balaban J connectivity index is 1.34. The van der Waals surface area contributed by atoms with E-state index < -0.39 is 0 Å². The van der Waals surface area contributed by atoms with Crippen LogP contribution in [0.15, 0.2) is 48.1 Å². The third-order valence-electron chi connectivity index (χ3n) is 7.83. The number of aromatic nitrogens is 2. The first kappa shape index (κ1) is 26.6. The summed E-state index contributed by atoms with van der Waals surface area (Å²) >= 11 is 1.47. The highest BCUT2D eigenvalue weighted by Crippen LogP contribution is 2.34. The van der Waals surface area contributed by atoms with Gasteiger partial charge in [-0.2, -0.15) is 0 Å². The molecule has 8 nitrogen and oxygen atoms in total. The number of hydrogen-bond acceptors (Lipinski definition) is 8. The molecule has 1 amide bonds. The molecule has 1 aromatic carbocycles. The average molecular weight is 534 g/mol. The number of thiazole rings is 1. The van der Waals surface area contributed by atoms with Gasteiger partial charge in [0.1, 0.15) is 10.7 Å². The molecule has 4 N–H and O–H groups in total. The standard InChI is InChI=1S/C29H39N7OS/c1-20(2)35-15-9-23(10-16-35)32-24-3-4-27(36-13-7-21(18-30)8-14-36)25(17-24)33-28(37)26-19-38-29(34-26)22-5-11-31-12-6-22/h3-6,11-12,17,19-21,23,32H,7-10,13-16,18,30H2,1-2H3,(H,33,37). The van der Waals surface area contributed by atoms with Crippen molar-refractivity contribution < 1.29 is 4.79 Å². The van der Waals surface area contributed by atoms with Crippen molar-refractivity contribution >= 4 is 34.3 Å². The van der Waals surface area contributed by atoms with E-state index in [1.54, 1.807) is 12.4 Å². The molecule has 0 unspecified atom stereocenters. The topological polar surface area (TPSA) is 99.4 Å². The van der Waals surface area contributed by atoms with Crippen molar-refractivity contribution in [3.8, 4) is 10.6 Å². The number of nitrogens with zero attached hydrogens (tertiary/aromatic N) is 4. The van der Waals surface area contributed by atoms with Crippen LogP contribution in [0.3, 0.4) is 0 Å². The third-order valence-corrected chi connectivity index (χ3v) is 8.72. The summed E-state index contributed by atoms with van der Waals surface area (Å²) in [6.45, 7) is 9.36. The van der Waals surface area contributed by atoms with Gasteiger partial charge >= 0.3 is 0 Å². The van der Waals surface area contributed by atoms with E-state index in [4.69, 9.17) is 5.73 Å². The maximum Gasteiger partial charge on any atom is 0.275 e. The number of carbonyl (C=O) groups excluding carboxylic acids is 1. The van der Waals surface area contributed by atoms with Crippen LogP contribution >= 0.6 is 11.3 Å². The van der Waals surface area contributed by atoms with Gasteiger partial charge in [-0.15, -0.1) is 11.3 Å². The highest BCUT2D eigenvalue weighted by molar-refractivity contribution is 7.13. The van der Waals surface area contributed by atoms with Gasteiger partial charge in [0, 0.05) is 67.3 Å². The summed E-state index contributed by atoms with van der Waals surface area (Å²) in [7, 11) is 0. The Morgan fingerprint density at radius 1 is 1.08 bits per heavy atom. The molecule has 3 aromatic rings. The van der Waals surface area contributed by atoms with E-state index in [-0.39, 0.29) is 5.91 Å². The first-order valence-corrected chi connectivity index (χ1v) is 14.6. The lowest BCUT2D eigenvalue weighted by atomic mass is 9.96. The summed E-state index contributed by atoms with van der Waals surface area (Å²) in [4.78, 5) is 26.9. The highest BCUT2D eigenvalue weighted by atomic mass is 32.1. The van der Waals surface area contributed by atoms with Gasteiger partial charge in [-0.3, -0.25) is 9.78 Å². The number of pyridine rings is 1. The number of anilines is 3. The Kier molecular flexibility index (Phi) is 8.56. The zero-order valence-corrected chi connectivity index (χ0v) is 23.2. The molecule has 5 rings (SSSR count). The van der Waals surface area contributed by atoms with E-state index in [9.17, 15) is 4.79 Å². The first-order chi connectivity index (χ1) is 18.5. The van der Waals surface area contributed by atoms with E-state index in [1.807, 2.05) is 17.5 Å². The Morgan fingerprint density at radius 3 is 2.50 bits per heavy atom. The zero-order chi connectivity index (χ0) is 26.5. The van der Waals surface area contributed by atoms with Gasteiger partial charge in [0.2, 0.25) is 0 Å². The maximum absolute atomic E-state index is 13.4. The van der Waals surface area contributed by atoms with Crippen molar-refractivity contribution in [3.63, 3.8) is 0 Å². The SMILES string of the molecule is CC(C)N1CCC(Nc2ccc(N3CCC(CN)CC3)c(NC(=O)c3csc(-c4ccncc4)n3)c2)CC1. The van der Waals surface area contributed by atoms with Gasteiger partial charge in [-0.25, -0.2) is 4.98 Å². The zero-order valence-electron chi connectivity index (χ0n) is 22.4. The van der Waals surface area contributed by atoms with E-state index in [2.05, 4.69) is 62.4 Å². The maximum atomic E-state index is 13.4. The summed E-state index contributed by atoms with van der Waals surface area (Å²) in [6, 6.07) is 11.2. The average Bonchev–Trinajstić information content (AvgIpc) is 3.45. The van der Waals surface area contributed by atoms with Crippen molar-refractivity contribution in [2.45, 2.75) is 51.6 Å². The largest absolute Gasteiger partial charge is 0.382 e. The van der Waals surface area contributed by atoms with Gasteiger partial charge in [-0.05, 0) is 82.3 Å². The van der Waals surface area contributed by atoms with Crippen LogP contribution in [0.4, 0.5) is 17.1 Å².